The Kier molecular flexibility index (Phi) is 8.56. The molecule has 13 rings (SSSR count). The Morgan fingerprint density at radius 2 is 0.891 bits per heavy atom. The Bertz CT molecular complexity index is 3330. The molecular formula is C57H36N6Pt-2. The van der Waals surface area contributed by atoms with Crippen molar-refractivity contribution in [3.63, 3.8) is 0 Å². The predicted molar refractivity (Wildman–Crippen MR) is 242 cm³/mol. The van der Waals surface area contributed by atoms with E-state index >= 15 is 0 Å². The second kappa shape index (κ2) is 14.3. The minimum Gasteiger partial charge on any atom is -0.354 e. The monoisotopic (exact) mass is 999 g/mol. The van der Waals surface area contributed by atoms with Gasteiger partial charge in [0.25, 0.3) is 0 Å². The molecule has 306 valence electrons. The number of rotatable bonds is 6. The Labute approximate surface area is 386 Å². The Morgan fingerprint density at radius 3 is 1.48 bits per heavy atom. The van der Waals surface area contributed by atoms with E-state index in [0.717, 1.165) is 94.7 Å². The minimum atomic E-state index is -0.850. The number of aryl methyl sites for hydroxylation is 1. The van der Waals surface area contributed by atoms with Gasteiger partial charge in [-0.15, -0.1) is 22.3 Å². The number of pyridine rings is 4. The third-order valence-electron chi connectivity index (χ3n) is 13.8. The molecule has 3 unspecified atom stereocenters. The number of fused-ring (bicyclic) bond motifs is 9. The van der Waals surface area contributed by atoms with E-state index < -0.39 is 16.4 Å². The van der Waals surface area contributed by atoms with E-state index in [2.05, 4.69) is 185 Å². The third-order valence-corrected chi connectivity index (χ3v) is 13.8. The van der Waals surface area contributed by atoms with Crippen molar-refractivity contribution in [1.29, 1.82) is 0 Å². The zero-order chi connectivity index (χ0) is 41.8. The van der Waals surface area contributed by atoms with Crippen molar-refractivity contribution in [3.8, 4) is 33.4 Å². The van der Waals surface area contributed by atoms with Gasteiger partial charge in [-0.25, -0.2) is 0 Å². The van der Waals surface area contributed by atoms with Gasteiger partial charge >= 0.3 is 0 Å². The Balaban J connectivity index is 0.00000433. The van der Waals surface area contributed by atoms with Crippen molar-refractivity contribution >= 4 is 0 Å². The van der Waals surface area contributed by atoms with Crippen LogP contribution >= 0.6 is 0 Å². The summed E-state index contributed by atoms with van der Waals surface area (Å²) in [5, 5.41) is 0. The zero-order valence-corrected chi connectivity index (χ0v) is 36.8. The SMILES string of the molecule is C[n+]1[c-]n(C2(c3[c-]c(C4(c5[c-]c(C6(c7ccccn7)c7ccccc7-c7cnccc76)ccc5)c5ccccc5-c5cnccc54)ccc3)c3ccccc3-c3cnccc32)cc1.[Pt]. The first kappa shape index (κ1) is 38.3. The van der Waals surface area contributed by atoms with Gasteiger partial charge in [0.1, 0.15) is 5.54 Å². The van der Waals surface area contributed by atoms with Gasteiger partial charge in [-0.2, -0.15) is 48.5 Å². The van der Waals surface area contributed by atoms with Crippen LogP contribution in [0.3, 0.4) is 0 Å². The van der Waals surface area contributed by atoms with E-state index in [0.29, 0.717) is 0 Å². The molecule has 0 amide bonds. The van der Waals surface area contributed by atoms with Gasteiger partial charge in [0.05, 0.1) is 18.2 Å². The molecule has 6 nitrogen and oxygen atoms in total. The molecule has 5 aromatic carbocycles. The van der Waals surface area contributed by atoms with Crippen molar-refractivity contribution in [3.05, 3.63) is 281 Å². The van der Waals surface area contributed by atoms with Crippen LogP contribution < -0.4 is 4.57 Å². The molecule has 3 aliphatic rings. The predicted octanol–water partition coefficient (Wildman–Crippen LogP) is 9.84. The summed E-state index contributed by atoms with van der Waals surface area (Å²) in [7, 11) is 2.02. The molecule has 0 aliphatic heterocycles. The fourth-order valence-corrected chi connectivity index (χ4v) is 11.4. The molecule has 3 aliphatic carbocycles. The maximum Gasteiger partial charge on any atom is 0.204 e. The van der Waals surface area contributed by atoms with Crippen LogP contribution in [0, 0.1) is 18.5 Å². The number of hydrogen-bond acceptors (Lipinski definition) is 4. The first-order valence-corrected chi connectivity index (χ1v) is 21.2. The smallest absolute Gasteiger partial charge is 0.204 e. The molecular weight excluding hydrogens is 964 g/mol. The maximum absolute atomic E-state index is 5.15. The summed E-state index contributed by atoms with van der Waals surface area (Å²) in [6.07, 6.45) is 21.4. The molecule has 0 radical (unpaired) electrons. The summed E-state index contributed by atoms with van der Waals surface area (Å²) in [6.45, 7) is 0. The van der Waals surface area contributed by atoms with Gasteiger partial charge in [-0.3, -0.25) is 19.9 Å². The van der Waals surface area contributed by atoms with E-state index in [1.165, 1.54) is 0 Å². The number of imidazole rings is 1. The molecule has 5 heterocycles. The fourth-order valence-electron chi connectivity index (χ4n) is 11.4. The summed E-state index contributed by atoms with van der Waals surface area (Å²) in [5.74, 6) is 0. The Morgan fingerprint density at radius 1 is 0.438 bits per heavy atom. The molecule has 0 saturated carbocycles. The molecule has 0 bridgehead atoms. The number of hydrogen-bond donors (Lipinski definition) is 0. The van der Waals surface area contributed by atoms with Gasteiger partial charge in [-0.05, 0) is 81.7 Å². The second-order valence-corrected chi connectivity index (χ2v) is 16.7. The fraction of sp³-hybridized carbons (Fsp3) is 0.0702. The van der Waals surface area contributed by atoms with E-state index in [-0.39, 0.29) is 21.1 Å². The van der Waals surface area contributed by atoms with Crippen molar-refractivity contribution < 1.29 is 25.6 Å². The first-order chi connectivity index (χ1) is 31.2. The van der Waals surface area contributed by atoms with Gasteiger partial charge < -0.3 is 9.13 Å². The van der Waals surface area contributed by atoms with Crippen LogP contribution in [0.5, 0.6) is 0 Å². The minimum absolute atomic E-state index is 0. The molecule has 0 N–H and O–H groups in total. The maximum atomic E-state index is 5.15. The summed E-state index contributed by atoms with van der Waals surface area (Å²) < 4.78 is 4.20. The van der Waals surface area contributed by atoms with Crippen LogP contribution in [0.25, 0.3) is 33.4 Å². The largest absolute Gasteiger partial charge is 0.354 e. The van der Waals surface area contributed by atoms with E-state index in [1.54, 1.807) is 0 Å². The van der Waals surface area contributed by atoms with Gasteiger partial charge in [0.15, 0.2) is 0 Å². The van der Waals surface area contributed by atoms with Crippen LogP contribution in [0.2, 0.25) is 0 Å². The molecule has 0 spiro atoms. The van der Waals surface area contributed by atoms with Crippen LogP contribution in [-0.4, -0.2) is 24.5 Å². The molecule has 0 fully saturated rings. The molecule has 5 aromatic heterocycles. The normalized spacial score (nSPS) is 19.4. The van der Waals surface area contributed by atoms with Crippen molar-refractivity contribution in [2.75, 3.05) is 0 Å². The number of aromatic nitrogens is 6. The van der Waals surface area contributed by atoms with Crippen LogP contribution in [0.1, 0.15) is 61.3 Å². The van der Waals surface area contributed by atoms with Crippen molar-refractivity contribution in [1.82, 2.24) is 24.5 Å². The zero-order valence-electron chi connectivity index (χ0n) is 34.6. The molecule has 10 aromatic rings. The number of nitrogens with zero attached hydrogens (tertiary/aromatic N) is 6. The van der Waals surface area contributed by atoms with Crippen molar-refractivity contribution in [2.24, 2.45) is 7.05 Å². The summed E-state index contributed by atoms with van der Waals surface area (Å²) in [4.78, 5) is 19.1. The van der Waals surface area contributed by atoms with Crippen molar-refractivity contribution in [2.45, 2.75) is 16.4 Å². The van der Waals surface area contributed by atoms with Crippen LogP contribution in [0.15, 0.2) is 201 Å². The van der Waals surface area contributed by atoms with E-state index in [4.69, 9.17) is 9.97 Å². The average molecular weight is 1000 g/mol. The summed E-state index contributed by atoms with van der Waals surface area (Å²) in [5.41, 5.74) is 16.1. The van der Waals surface area contributed by atoms with E-state index in [1.807, 2.05) is 61.1 Å². The molecule has 0 saturated heterocycles. The summed E-state index contributed by atoms with van der Waals surface area (Å²) >= 11 is 0. The molecule has 7 heteroatoms. The van der Waals surface area contributed by atoms with Gasteiger partial charge in [0.2, 0.25) is 6.33 Å². The van der Waals surface area contributed by atoms with Crippen LogP contribution in [0.4, 0.5) is 0 Å². The Hall–Kier alpha value is -7.40. The standard InChI is InChI=1S/C57H36N6.Pt/c1-62-30-31-63(37-62)57(52-21-7-4-18-44(52)47-36-60-29-25-53(47)57)41-15-11-13-39(33-41)55(48-19-5-2-16-42(48)45-34-58-27-23-50(45)55)38-12-10-14-40(32-38)56(54-22-8-9-26-61-54)49-20-6-3-17-43(49)46-35-59-28-24-51(46)56;/h2-31,34-36H,1H3;/q-2;. The topological polar surface area (TPSA) is 60.4 Å². The average Bonchev–Trinajstić information content (AvgIpc) is 4.09. The van der Waals surface area contributed by atoms with Crippen LogP contribution in [-0.2, 0) is 44.5 Å². The second-order valence-electron chi connectivity index (χ2n) is 16.7. The van der Waals surface area contributed by atoms with E-state index in [9.17, 15) is 0 Å². The van der Waals surface area contributed by atoms with Gasteiger partial charge in [-0.1, -0.05) is 78.9 Å². The summed E-state index contributed by atoms with van der Waals surface area (Å²) in [6, 6.07) is 60.7. The first-order valence-electron chi connectivity index (χ1n) is 21.2. The third kappa shape index (κ3) is 4.86. The van der Waals surface area contributed by atoms with Gasteiger partial charge in [0, 0.05) is 97.7 Å². The molecule has 3 atom stereocenters. The molecule has 64 heavy (non-hydrogen) atoms. The number of benzene rings is 5. The quantitative estimate of drug-likeness (QED) is 0.123.